The molecule has 0 saturated carbocycles. The van der Waals surface area contributed by atoms with Gasteiger partial charge in [0.25, 0.3) is 5.69 Å². The zero-order valence-corrected chi connectivity index (χ0v) is 13.7. The number of sulfonamides is 1. The Balaban J connectivity index is 2.46. The molecule has 0 aliphatic rings. The molecule has 0 atom stereocenters. The fourth-order valence-electron chi connectivity index (χ4n) is 2.32. The van der Waals surface area contributed by atoms with E-state index in [1.165, 1.54) is 24.3 Å². The van der Waals surface area contributed by atoms with E-state index in [4.69, 9.17) is 5.14 Å². The summed E-state index contributed by atoms with van der Waals surface area (Å²) in [6, 6.07) is 9.38. The number of benzene rings is 2. The van der Waals surface area contributed by atoms with Gasteiger partial charge in [-0.15, -0.1) is 0 Å². The van der Waals surface area contributed by atoms with Gasteiger partial charge >= 0.3 is 0 Å². The van der Waals surface area contributed by atoms with Crippen molar-refractivity contribution >= 4 is 21.4 Å². The molecule has 2 N–H and O–H groups in total. The van der Waals surface area contributed by atoms with Crippen LogP contribution >= 0.6 is 0 Å². The first-order valence-corrected chi connectivity index (χ1v) is 8.57. The number of nitrogens with two attached hydrogens (primary N) is 1. The van der Waals surface area contributed by atoms with Crippen molar-refractivity contribution in [1.82, 2.24) is 0 Å². The van der Waals surface area contributed by atoms with E-state index in [-0.39, 0.29) is 22.8 Å². The fourth-order valence-corrected chi connectivity index (χ4v) is 2.85. The molecule has 0 saturated heterocycles. The standard InChI is InChI=1S/C15H16FN3O4S/c1-2-18(10-11-4-3-5-12(16)8-11)14-7-6-13(24(17,22)23)9-15(14)19(20)21/h3-9H,2,10H2,1H3,(H2,17,22,23). The van der Waals surface area contributed by atoms with Crippen molar-refractivity contribution in [3.8, 4) is 0 Å². The molecule has 0 radical (unpaired) electrons. The summed E-state index contributed by atoms with van der Waals surface area (Å²) in [6.07, 6.45) is 0. The van der Waals surface area contributed by atoms with Crippen molar-refractivity contribution in [3.05, 3.63) is 64.0 Å². The topological polar surface area (TPSA) is 107 Å². The van der Waals surface area contributed by atoms with Gasteiger partial charge in [-0.2, -0.15) is 0 Å². The highest BCUT2D eigenvalue weighted by Gasteiger charge is 2.22. The van der Waals surface area contributed by atoms with E-state index >= 15 is 0 Å². The fraction of sp³-hybridized carbons (Fsp3) is 0.200. The Hall–Kier alpha value is -2.52. The molecule has 2 rings (SSSR count). The summed E-state index contributed by atoms with van der Waals surface area (Å²) >= 11 is 0. The normalized spacial score (nSPS) is 11.3. The highest BCUT2D eigenvalue weighted by Crippen LogP contribution is 2.31. The molecule has 0 bridgehead atoms. The number of hydrogen-bond acceptors (Lipinski definition) is 5. The average molecular weight is 353 g/mol. The van der Waals surface area contributed by atoms with Crippen LogP contribution in [0.15, 0.2) is 47.4 Å². The summed E-state index contributed by atoms with van der Waals surface area (Å²) in [7, 11) is -4.05. The van der Waals surface area contributed by atoms with Gasteiger partial charge in [0.2, 0.25) is 10.0 Å². The number of rotatable bonds is 6. The summed E-state index contributed by atoms with van der Waals surface area (Å²) in [4.78, 5) is 12.0. The van der Waals surface area contributed by atoms with Crippen LogP contribution in [0.25, 0.3) is 0 Å². The minimum atomic E-state index is -4.05. The molecule has 0 aliphatic carbocycles. The molecule has 0 amide bonds. The molecule has 24 heavy (non-hydrogen) atoms. The van der Waals surface area contributed by atoms with Gasteiger partial charge in [0.05, 0.1) is 9.82 Å². The quantitative estimate of drug-likeness (QED) is 0.634. The first kappa shape index (κ1) is 17.8. The van der Waals surface area contributed by atoms with Crippen LogP contribution < -0.4 is 10.0 Å². The number of halogens is 1. The minimum Gasteiger partial charge on any atom is -0.362 e. The number of anilines is 1. The predicted octanol–water partition coefficient (Wildman–Crippen LogP) is 2.41. The van der Waals surface area contributed by atoms with Gasteiger partial charge < -0.3 is 4.90 Å². The van der Waals surface area contributed by atoms with Crippen LogP contribution in [-0.4, -0.2) is 19.9 Å². The van der Waals surface area contributed by atoms with Crippen LogP contribution in [0, 0.1) is 15.9 Å². The monoisotopic (exact) mass is 353 g/mol. The average Bonchev–Trinajstić information content (AvgIpc) is 2.51. The lowest BCUT2D eigenvalue weighted by atomic mass is 10.1. The number of nitro groups is 1. The van der Waals surface area contributed by atoms with Gasteiger partial charge in [-0.1, -0.05) is 12.1 Å². The Morgan fingerprint density at radius 1 is 1.25 bits per heavy atom. The van der Waals surface area contributed by atoms with Crippen molar-refractivity contribution in [2.75, 3.05) is 11.4 Å². The molecular formula is C15H16FN3O4S. The highest BCUT2D eigenvalue weighted by atomic mass is 32.2. The van der Waals surface area contributed by atoms with Gasteiger partial charge in [-0.3, -0.25) is 10.1 Å². The first-order chi connectivity index (χ1) is 11.2. The molecule has 0 aromatic heterocycles. The Morgan fingerprint density at radius 2 is 1.96 bits per heavy atom. The maximum Gasteiger partial charge on any atom is 0.293 e. The molecule has 128 valence electrons. The van der Waals surface area contributed by atoms with Gasteiger partial charge in [0.1, 0.15) is 11.5 Å². The lowest BCUT2D eigenvalue weighted by molar-refractivity contribution is -0.384. The van der Waals surface area contributed by atoms with E-state index in [1.54, 1.807) is 24.0 Å². The van der Waals surface area contributed by atoms with Crippen LogP contribution in [0.2, 0.25) is 0 Å². The van der Waals surface area contributed by atoms with E-state index in [1.807, 2.05) is 0 Å². The highest BCUT2D eigenvalue weighted by molar-refractivity contribution is 7.89. The molecule has 2 aromatic carbocycles. The van der Waals surface area contributed by atoms with E-state index < -0.39 is 20.8 Å². The SMILES string of the molecule is CCN(Cc1cccc(F)c1)c1ccc(S(N)(=O)=O)cc1[N+](=O)[O-]. The number of nitro benzene ring substituents is 1. The summed E-state index contributed by atoms with van der Waals surface area (Å²) in [5, 5.41) is 16.3. The molecule has 9 heteroatoms. The summed E-state index contributed by atoms with van der Waals surface area (Å²) in [5.41, 5.74) is 0.501. The Bertz CT molecular complexity index is 871. The molecule has 0 fully saturated rings. The van der Waals surface area contributed by atoms with E-state index in [0.29, 0.717) is 12.1 Å². The van der Waals surface area contributed by atoms with Crippen molar-refractivity contribution < 1.29 is 17.7 Å². The molecule has 0 spiro atoms. The minimum absolute atomic E-state index is 0.235. The maximum absolute atomic E-state index is 13.3. The van der Waals surface area contributed by atoms with Crippen molar-refractivity contribution in [3.63, 3.8) is 0 Å². The van der Waals surface area contributed by atoms with Gasteiger partial charge in [-0.05, 0) is 36.8 Å². The third-order valence-corrected chi connectivity index (χ3v) is 4.37. The zero-order chi connectivity index (χ0) is 17.9. The maximum atomic E-state index is 13.3. The molecular weight excluding hydrogens is 337 g/mol. The van der Waals surface area contributed by atoms with Crippen molar-refractivity contribution in [1.29, 1.82) is 0 Å². The largest absolute Gasteiger partial charge is 0.362 e. The Kier molecular flexibility index (Phi) is 5.15. The number of primary sulfonamides is 1. The zero-order valence-electron chi connectivity index (χ0n) is 12.8. The second-order valence-corrected chi connectivity index (χ2v) is 6.66. The summed E-state index contributed by atoms with van der Waals surface area (Å²) in [5.74, 6) is -0.400. The molecule has 2 aromatic rings. The smallest absolute Gasteiger partial charge is 0.293 e. The van der Waals surface area contributed by atoms with Gasteiger partial charge in [-0.25, -0.2) is 17.9 Å². The van der Waals surface area contributed by atoms with Crippen molar-refractivity contribution in [2.24, 2.45) is 5.14 Å². The molecule has 7 nitrogen and oxygen atoms in total. The lowest BCUT2D eigenvalue weighted by Gasteiger charge is -2.23. The third kappa shape index (κ3) is 4.06. The Labute approximate surface area is 138 Å². The van der Waals surface area contributed by atoms with E-state index in [0.717, 1.165) is 6.07 Å². The van der Waals surface area contributed by atoms with Gasteiger partial charge in [0, 0.05) is 19.2 Å². The number of nitrogens with zero attached hydrogens (tertiary/aromatic N) is 2. The first-order valence-electron chi connectivity index (χ1n) is 7.03. The van der Waals surface area contributed by atoms with Crippen LogP contribution in [-0.2, 0) is 16.6 Å². The number of hydrogen-bond donors (Lipinski definition) is 1. The summed E-state index contributed by atoms with van der Waals surface area (Å²) in [6.45, 7) is 2.44. The molecule has 0 unspecified atom stereocenters. The van der Waals surface area contributed by atoms with Crippen LogP contribution in [0.4, 0.5) is 15.8 Å². The van der Waals surface area contributed by atoms with Crippen LogP contribution in [0.5, 0.6) is 0 Å². The van der Waals surface area contributed by atoms with Crippen LogP contribution in [0.1, 0.15) is 12.5 Å². The van der Waals surface area contributed by atoms with Crippen molar-refractivity contribution in [2.45, 2.75) is 18.4 Å². The molecule has 0 aliphatic heterocycles. The lowest BCUT2D eigenvalue weighted by Crippen LogP contribution is -2.23. The third-order valence-electron chi connectivity index (χ3n) is 3.46. The van der Waals surface area contributed by atoms with E-state index in [2.05, 4.69) is 0 Å². The predicted molar refractivity (Wildman–Crippen MR) is 87.6 cm³/mol. The van der Waals surface area contributed by atoms with E-state index in [9.17, 15) is 22.9 Å². The second kappa shape index (κ2) is 6.93. The van der Waals surface area contributed by atoms with Crippen LogP contribution in [0.3, 0.4) is 0 Å². The Morgan fingerprint density at radius 3 is 2.50 bits per heavy atom. The molecule has 0 heterocycles. The summed E-state index contributed by atoms with van der Waals surface area (Å²) < 4.78 is 36.1. The second-order valence-electron chi connectivity index (χ2n) is 5.10. The van der Waals surface area contributed by atoms with Gasteiger partial charge in [0.15, 0.2) is 0 Å².